The standard InChI is InChI=1S/C32H31ClFN3O4S/c1-42(40,41)36(21-25-8-4-2-5-9-25)23-30(38)37(22-26-14-18-29(34)19-15-26)31(27-10-6-3-7-11-27)32(39)35-20-24-12-16-28(33)17-13-24/h2-19,31H,20-23H2,1H3,(H,35,39)/t31-/m0/s1. The van der Waals surface area contributed by atoms with Gasteiger partial charge in [0.05, 0.1) is 12.8 Å². The van der Waals surface area contributed by atoms with E-state index in [1.165, 1.54) is 29.2 Å². The minimum absolute atomic E-state index is 0.0193. The number of hydrogen-bond donors (Lipinski definition) is 1. The molecule has 0 aromatic heterocycles. The predicted octanol–water partition coefficient (Wildman–Crippen LogP) is 5.33. The molecule has 0 saturated heterocycles. The van der Waals surface area contributed by atoms with Crippen LogP contribution in [0.3, 0.4) is 0 Å². The Morgan fingerprint density at radius 3 is 1.93 bits per heavy atom. The molecule has 0 heterocycles. The zero-order valence-electron chi connectivity index (χ0n) is 23.0. The average Bonchev–Trinajstić information content (AvgIpc) is 2.98. The monoisotopic (exact) mass is 607 g/mol. The number of halogens is 2. The summed E-state index contributed by atoms with van der Waals surface area (Å²) in [7, 11) is -3.81. The lowest BCUT2D eigenvalue weighted by atomic mass is 10.0. The third kappa shape index (κ3) is 8.72. The molecule has 0 fully saturated rings. The first kappa shape index (κ1) is 30.9. The summed E-state index contributed by atoms with van der Waals surface area (Å²) < 4.78 is 40.3. The number of hydrogen-bond acceptors (Lipinski definition) is 4. The molecule has 0 aliphatic heterocycles. The summed E-state index contributed by atoms with van der Waals surface area (Å²) >= 11 is 5.99. The first-order valence-corrected chi connectivity index (χ1v) is 15.4. The third-order valence-electron chi connectivity index (χ3n) is 6.62. The predicted molar refractivity (Wildman–Crippen MR) is 161 cm³/mol. The van der Waals surface area contributed by atoms with E-state index < -0.39 is 40.2 Å². The van der Waals surface area contributed by atoms with E-state index in [0.717, 1.165) is 16.1 Å². The average molecular weight is 608 g/mol. The summed E-state index contributed by atoms with van der Waals surface area (Å²) in [6.07, 6.45) is 1.04. The smallest absolute Gasteiger partial charge is 0.247 e. The van der Waals surface area contributed by atoms with Gasteiger partial charge in [0.15, 0.2) is 0 Å². The number of sulfonamides is 1. The van der Waals surface area contributed by atoms with E-state index >= 15 is 0 Å². The molecule has 4 aromatic rings. The summed E-state index contributed by atoms with van der Waals surface area (Å²) in [5, 5.41) is 3.47. The number of carbonyl (C=O) groups is 2. The van der Waals surface area contributed by atoms with Gasteiger partial charge in [-0.3, -0.25) is 9.59 Å². The van der Waals surface area contributed by atoms with Gasteiger partial charge in [-0.15, -0.1) is 0 Å². The highest BCUT2D eigenvalue weighted by Gasteiger charge is 2.33. The van der Waals surface area contributed by atoms with Crippen molar-refractivity contribution in [1.82, 2.24) is 14.5 Å². The van der Waals surface area contributed by atoms with Crippen molar-refractivity contribution in [1.29, 1.82) is 0 Å². The lowest BCUT2D eigenvalue weighted by Gasteiger charge is -2.33. The summed E-state index contributed by atoms with van der Waals surface area (Å²) in [5.41, 5.74) is 2.63. The maximum Gasteiger partial charge on any atom is 0.247 e. The van der Waals surface area contributed by atoms with Crippen molar-refractivity contribution in [3.8, 4) is 0 Å². The van der Waals surface area contributed by atoms with Crippen molar-refractivity contribution in [2.24, 2.45) is 0 Å². The fourth-order valence-corrected chi connectivity index (χ4v) is 5.28. The third-order valence-corrected chi connectivity index (χ3v) is 8.07. The zero-order valence-corrected chi connectivity index (χ0v) is 24.6. The number of amides is 2. The molecule has 0 saturated carbocycles. The van der Waals surface area contributed by atoms with Gasteiger partial charge < -0.3 is 10.2 Å². The van der Waals surface area contributed by atoms with Crippen LogP contribution in [0.2, 0.25) is 5.02 Å². The highest BCUT2D eigenvalue weighted by Crippen LogP contribution is 2.25. The van der Waals surface area contributed by atoms with Crippen LogP contribution in [0.25, 0.3) is 0 Å². The molecule has 0 bridgehead atoms. The Hall–Kier alpha value is -4.05. The van der Waals surface area contributed by atoms with Crippen molar-refractivity contribution in [2.45, 2.75) is 25.7 Å². The molecule has 218 valence electrons. The van der Waals surface area contributed by atoms with E-state index in [4.69, 9.17) is 11.6 Å². The molecular weight excluding hydrogens is 577 g/mol. The molecule has 0 unspecified atom stereocenters. The van der Waals surface area contributed by atoms with Gasteiger partial charge in [-0.05, 0) is 46.5 Å². The van der Waals surface area contributed by atoms with Crippen molar-refractivity contribution in [3.63, 3.8) is 0 Å². The summed E-state index contributed by atoms with van der Waals surface area (Å²) in [6.45, 7) is -0.394. The second kappa shape index (κ2) is 14.2. The largest absolute Gasteiger partial charge is 0.350 e. The van der Waals surface area contributed by atoms with E-state index in [1.54, 1.807) is 78.9 Å². The number of rotatable bonds is 12. The maximum absolute atomic E-state index is 14.0. The van der Waals surface area contributed by atoms with Gasteiger partial charge in [-0.25, -0.2) is 12.8 Å². The van der Waals surface area contributed by atoms with E-state index in [0.29, 0.717) is 21.7 Å². The molecule has 2 amide bonds. The van der Waals surface area contributed by atoms with Crippen LogP contribution in [0, 0.1) is 5.82 Å². The molecule has 1 N–H and O–H groups in total. The zero-order chi connectivity index (χ0) is 30.1. The highest BCUT2D eigenvalue weighted by molar-refractivity contribution is 7.88. The van der Waals surface area contributed by atoms with Gasteiger partial charge in [0.2, 0.25) is 21.8 Å². The Morgan fingerprint density at radius 1 is 0.786 bits per heavy atom. The Kier molecular flexibility index (Phi) is 10.5. The van der Waals surface area contributed by atoms with Gasteiger partial charge in [-0.1, -0.05) is 96.5 Å². The minimum Gasteiger partial charge on any atom is -0.350 e. The van der Waals surface area contributed by atoms with Gasteiger partial charge in [-0.2, -0.15) is 4.31 Å². The van der Waals surface area contributed by atoms with E-state index in [1.807, 2.05) is 6.07 Å². The first-order chi connectivity index (χ1) is 20.1. The molecule has 4 aromatic carbocycles. The van der Waals surface area contributed by atoms with Gasteiger partial charge in [0.25, 0.3) is 0 Å². The van der Waals surface area contributed by atoms with Crippen LogP contribution in [0.15, 0.2) is 109 Å². The molecule has 1 atom stereocenters. The van der Waals surface area contributed by atoms with Gasteiger partial charge >= 0.3 is 0 Å². The second-order valence-electron chi connectivity index (χ2n) is 9.82. The number of carbonyl (C=O) groups excluding carboxylic acids is 2. The van der Waals surface area contributed by atoms with Crippen LogP contribution in [-0.2, 0) is 39.2 Å². The Bertz CT molecular complexity index is 1590. The van der Waals surface area contributed by atoms with Crippen molar-refractivity contribution in [2.75, 3.05) is 12.8 Å². The fraction of sp³-hybridized carbons (Fsp3) is 0.188. The minimum atomic E-state index is -3.81. The lowest BCUT2D eigenvalue weighted by molar-refractivity contribution is -0.141. The molecule has 0 spiro atoms. The lowest BCUT2D eigenvalue weighted by Crippen LogP contribution is -2.47. The second-order valence-corrected chi connectivity index (χ2v) is 12.2. The molecule has 4 rings (SSSR count). The van der Waals surface area contributed by atoms with E-state index in [2.05, 4.69) is 5.32 Å². The van der Waals surface area contributed by atoms with Crippen LogP contribution in [0.4, 0.5) is 4.39 Å². The summed E-state index contributed by atoms with van der Waals surface area (Å²) in [6, 6.07) is 29.2. The Labute approximate surface area is 250 Å². The van der Waals surface area contributed by atoms with Crippen molar-refractivity contribution in [3.05, 3.63) is 142 Å². The van der Waals surface area contributed by atoms with E-state index in [-0.39, 0.29) is 19.6 Å². The van der Waals surface area contributed by atoms with Crippen LogP contribution in [0.1, 0.15) is 28.3 Å². The van der Waals surface area contributed by atoms with Crippen molar-refractivity contribution >= 4 is 33.4 Å². The molecule has 0 aliphatic carbocycles. The summed E-state index contributed by atoms with van der Waals surface area (Å²) in [4.78, 5) is 29.2. The van der Waals surface area contributed by atoms with Crippen LogP contribution in [0.5, 0.6) is 0 Å². The van der Waals surface area contributed by atoms with Crippen LogP contribution >= 0.6 is 11.6 Å². The Morgan fingerprint density at radius 2 is 1.33 bits per heavy atom. The topological polar surface area (TPSA) is 86.8 Å². The Balaban J connectivity index is 1.69. The fourth-order valence-electron chi connectivity index (χ4n) is 4.43. The highest BCUT2D eigenvalue weighted by atomic mass is 35.5. The number of benzene rings is 4. The molecule has 0 aliphatic rings. The van der Waals surface area contributed by atoms with E-state index in [9.17, 15) is 22.4 Å². The van der Waals surface area contributed by atoms with Crippen LogP contribution < -0.4 is 5.32 Å². The molecule has 0 radical (unpaired) electrons. The van der Waals surface area contributed by atoms with Crippen LogP contribution in [-0.4, -0.2) is 42.2 Å². The quantitative estimate of drug-likeness (QED) is 0.236. The van der Waals surface area contributed by atoms with Crippen molar-refractivity contribution < 1.29 is 22.4 Å². The molecule has 10 heteroatoms. The normalized spacial score (nSPS) is 12.1. The molecule has 42 heavy (non-hydrogen) atoms. The van der Waals surface area contributed by atoms with Gasteiger partial charge in [0.1, 0.15) is 11.9 Å². The molecule has 7 nitrogen and oxygen atoms in total. The molecular formula is C32H31ClFN3O4S. The maximum atomic E-state index is 14.0. The first-order valence-electron chi connectivity index (χ1n) is 13.2. The number of nitrogens with zero attached hydrogens (tertiary/aromatic N) is 2. The SMILES string of the molecule is CS(=O)(=O)N(CC(=O)N(Cc1ccc(F)cc1)[C@H](C(=O)NCc1ccc(Cl)cc1)c1ccccc1)Cc1ccccc1. The summed E-state index contributed by atoms with van der Waals surface area (Å²) in [5.74, 6) is -1.49. The van der Waals surface area contributed by atoms with Gasteiger partial charge in [0, 0.05) is 24.7 Å². The number of nitrogens with one attached hydrogen (secondary N) is 1.